The minimum Gasteiger partial charge on any atom is -0.457 e. The molecule has 0 spiro atoms. The largest absolute Gasteiger partial charge is 0.457 e. The lowest BCUT2D eigenvalue weighted by Gasteiger charge is -2.37. The molecule has 0 saturated carbocycles. The van der Waals surface area contributed by atoms with Gasteiger partial charge >= 0.3 is 0 Å². The van der Waals surface area contributed by atoms with Gasteiger partial charge in [0, 0.05) is 43.1 Å². The van der Waals surface area contributed by atoms with Crippen LogP contribution in [-0.4, -0.2) is 54.7 Å². The molecule has 10 heteroatoms. The van der Waals surface area contributed by atoms with Gasteiger partial charge in [0.1, 0.15) is 35.5 Å². The number of nitrogens with zero attached hydrogens (tertiary/aromatic N) is 7. The van der Waals surface area contributed by atoms with Crippen LogP contribution in [-0.2, 0) is 0 Å². The van der Waals surface area contributed by atoms with E-state index in [-0.39, 0.29) is 0 Å². The van der Waals surface area contributed by atoms with Gasteiger partial charge in [-0.25, -0.2) is 24.5 Å². The highest BCUT2D eigenvalue weighted by Gasteiger charge is 2.22. The Hall–Kier alpha value is -4.31. The van der Waals surface area contributed by atoms with Crippen molar-refractivity contribution < 1.29 is 4.74 Å². The molecule has 1 aromatic carbocycles. The van der Waals surface area contributed by atoms with Crippen LogP contribution in [0, 0.1) is 6.92 Å². The fourth-order valence-electron chi connectivity index (χ4n) is 4.68. The standard InChI is InChI=1S/C26H27N9O/c1-16-10-19(4-6-22(16)36-20-8-9-35-24(11-20)28-15-30-35)32-26-25-21(27-14-29-26)5-7-23(33-25)34-12-17(2)31-18(3)13-34/h4-11,14-15,17-18,31H,12-13H2,1-3H3,(H,27,29,32)/t17-,18-/m1/s1. The smallest absolute Gasteiger partial charge is 0.160 e. The van der Waals surface area contributed by atoms with E-state index in [1.807, 2.05) is 55.6 Å². The number of rotatable bonds is 5. The molecule has 1 aliphatic rings. The summed E-state index contributed by atoms with van der Waals surface area (Å²) in [5, 5.41) is 11.1. The van der Waals surface area contributed by atoms with Crippen LogP contribution in [0.15, 0.2) is 61.3 Å². The predicted octanol–water partition coefficient (Wildman–Crippen LogP) is 4.10. The van der Waals surface area contributed by atoms with Crippen molar-refractivity contribution in [2.24, 2.45) is 0 Å². The molecule has 4 aromatic heterocycles. The molecule has 36 heavy (non-hydrogen) atoms. The second kappa shape index (κ2) is 9.04. The second-order valence-electron chi connectivity index (χ2n) is 9.27. The summed E-state index contributed by atoms with van der Waals surface area (Å²) in [5.41, 5.74) is 4.15. The van der Waals surface area contributed by atoms with Crippen molar-refractivity contribution in [3.63, 3.8) is 0 Å². The number of ether oxygens (including phenoxy) is 1. The van der Waals surface area contributed by atoms with Gasteiger partial charge in [0.2, 0.25) is 0 Å². The lowest BCUT2D eigenvalue weighted by molar-refractivity contribution is 0.405. The normalized spacial score (nSPS) is 18.0. The molecular weight excluding hydrogens is 454 g/mol. The van der Waals surface area contributed by atoms with E-state index in [1.165, 1.54) is 6.33 Å². The van der Waals surface area contributed by atoms with Crippen molar-refractivity contribution in [2.45, 2.75) is 32.9 Å². The molecule has 0 bridgehead atoms. The van der Waals surface area contributed by atoms with Gasteiger partial charge in [0.15, 0.2) is 11.5 Å². The Morgan fingerprint density at radius 3 is 2.67 bits per heavy atom. The molecule has 0 unspecified atom stereocenters. The molecule has 2 N–H and O–H groups in total. The summed E-state index contributed by atoms with van der Waals surface area (Å²) in [6, 6.07) is 14.5. The third-order valence-electron chi connectivity index (χ3n) is 6.27. The van der Waals surface area contributed by atoms with Crippen LogP contribution in [0.3, 0.4) is 0 Å². The molecule has 0 amide bonds. The molecule has 182 valence electrons. The Balaban J connectivity index is 1.25. The van der Waals surface area contributed by atoms with Gasteiger partial charge in [-0.2, -0.15) is 5.10 Å². The number of aromatic nitrogens is 6. The SMILES string of the molecule is Cc1cc(Nc2ncnc3ccc(N4C[C@@H](C)N[C@H](C)C4)nc23)ccc1Oc1ccn2ncnc2c1. The molecular formula is C26H27N9O. The van der Waals surface area contributed by atoms with Crippen LogP contribution in [0.2, 0.25) is 0 Å². The van der Waals surface area contributed by atoms with Gasteiger partial charge in [-0.1, -0.05) is 0 Å². The van der Waals surface area contributed by atoms with E-state index in [4.69, 9.17) is 9.72 Å². The van der Waals surface area contributed by atoms with Crippen LogP contribution >= 0.6 is 0 Å². The van der Waals surface area contributed by atoms with E-state index >= 15 is 0 Å². The van der Waals surface area contributed by atoms with Crippen LogP contribution < -0.4 is 20.3 Å². The number of aryl methyl sites for hydroxylation is 1. The van der Waals surface area contributed by atoms with Crippen molar-refractivity contribution in [3.05, 3.63) is 66.9 Å². The molecule has 6 rings (SSSR count). The van der Waals surface area contributed by atoms with Crippen molar-refractivity contribution in [2.75, 3.05) is 23.3 Å². The van der Waals surface area contributed by atoms with E-state index in [1.54, 1.807) is 10.8 Å². The monoisotopic (exact) mass is 481 g/mol. The van der Waals surface area contributed by atoms with Crippen molar-refractivity contribution >= 4 is 34.0 Å². The third-order valence-corrected chi connectivity index (χ3v) is 6.27. The first-order chi connectivity index (χ1) is 17.5. The summed E-state index contributed by atoms with van der Waals surface area (Å²) in [7, 11) is 0. The summed E-state index contributed by atoms with van der Waals surface area (Å²) in [4.78, 5) is 20.4. The summed E-state index contributed by atoms with van der Waals surface area (Å²) in [5.74, 6) is 3.07. The minimum absolute atomic E-state index is 0.401. The van der Waals surface area contributed by atoms with E-state index in [9.17, 15) is 0 Å². The second-order valence-corrected chi connectivity index (χ2v) is 9.27. The molecule has 10 nitrogen and oxygen atoms in total. The van der Waals surface area contributed by atoms with Gasteiger partial charge in [-0.05, 0) is 62.7 Å². The quantitative estimate of drug-likeness (QED) is 0.384. The fourth-order valence-corrected chi connectivity index (χ4v) is 4.68. The van der Waals surface area contributed by atoms with Crippen molar-refractivity contribution in [3.8, 4) is 11.5 Å². The van der Waals surface area contributed by atoms with Gasteiger partial charge in [0.05, 0.1) is 5.52 Å². The Morgan fingerprint density at radius 2 is 1.83 bits per heavy atom. The average molecular weight is 482 g/mol. The zero-order valence-electron chi connectivity index (χ0n) is 20.4. The number of piperazine rings is 1. The highest BCUT2D eigenvalue weighted by molar-refractivity contribution is 5.88. The van der Waals surface area contributed by atoms with E-state index in [0.29, 0.717) is 23.7 Å². The summed E-state index contributed by atoms with van der Waals surface area (Å²) < 4.78 is 7.80. The highest BCUT2D eigenvalue weighted by atomic mass is 16.5. The summed E-state index contributed by atoms with van der Waals surface area (Å²) in [6.07, 6.45) is 4.91. The molecule has 1 aliphatic heterocycles. The molecule has 1 saturated heterocycles. The maximum atomic E-state index is 6.10. The van der Waals surface area contributed by atoms with Crippen molar-refractivity contribution in [1.82, 2.24) is 34.9 Å². The molecule has 0 radical (unpaired) electrons. The van der Waals surface area contributed by atoms with Crippen LogP contribution in [0.25, 0.3) is 16.7 Å². The summed E-state index contributed by atoms with van der Waals surface area (Å²) >= 11 is 0. The molecule has 5 heterocycles. The van der Waals surface area contributed by atoms with E-state index in [2.05, 4.69) is 49.4 Å². The van der Waals surface area contributed by atoms with Gasteiger partial charge in [-0.15, -0.1) is 0 Å². The maximum absolute atomic E-state index is 6.10. The van der Waals surface area contributed by atoms with E-state index in [0.717, 1.165) is 52.6 Å². The third kappa shape index (κ3) is 4.38. The number of hydrogen-bond acceptors (Lipinski definition) is 9. The minimum atomic E-state index is 0.401. The molecule has 2 atom stereocenters. The number of benzene rings is 1. The number of anilines is 3. The van der Waals surface area contributed by atoms with Crippen molar-refractivity contribution in [1.29, 1.82) is 0 Å². The van der Waals surface area contributed by atoms with Crippen LogP contribution in [0.4, 0.5) is 17.3 Å². The molecule has 5 aromatic rings. The number of pyridine rings is 2. The Kier molecular flexibility index (Phi) is 5.57. The zero-order chi connectivity index (χ0) is 24.6. The Labute approximate surface area is 208 Å². The number of fused-ring (bicyclic) bond motifs is 2. The van der Waals surface area contributed by atoms with Crippen LogP contribution in [0.5, 0.6) is 11.5 Å². The lowest BCUT2D eigenvalue weighted by Crippen LogP contribution is -2.54. The van der Waals surface area contributed by atoms with E-state index < -0.39 is 0 Å². The Bertz CT molecular complexity index is 1540. The first-order valence-electron chi connectivity index (χ1n) is 12.0. The summed E-state index contributed by atoms with van der Waals surface area (Å²) in [6.45, 7) is 8.22. The topological polar surface area (TPSA) is 105 Å². The number of nitrogens with one attached hydrogen (secondary N) is 2. The van der Waals surface area contributed by atoms with Gasteiger partial charge in [-0.3, -0.25) is 0 Å². The fraction of sp³-hybridized carbons (Fsp3) is 0.269. The number of hydrogen-bond donors (Lipinski definition) is 2. The maximum Gasteiger partial charge on any atom is 0.160 e. The lowest BCUT2D eigenvalue weighted by atomic mass is 10.1. The van der Waals surface area contributed by atoms with Crippen LogP contribution in [0.1, 0.15) is 19.4 Å². The zero-order valence-corrected chi connectivity index (χ0v) is 20.4. The molecule has 0 aliphatic carbocycles. The van der Waals surface area contributed by atoms with Gasteiger partial charge in [0.25, 0.3) is 0 Å². The van der Waals surface area contributed by atoms with Gasteiger partial charge < -0.3 is 20.3 Å². The first kappa shape index (κ1) is 22.2. The molecule has 1 fully saturated rings. The predicted molar refractivity (Wildman–Crippen MR) is 139 cm³/mol. The first-order valence-corrected chi connectivity index (χ1v) is 12.0. The average Bonchev–Trinajstić information content (AvgIpc) is 3.33. The Morgan fingerprint density at radius 1 is 0.972 bits per heavy atom. The highest BCUT2D eigenvalue weighted by Crippen LogP contribution is 2.30.